The Morgan fingerprint density at radius 1 is 1.07 bits per heavy atom. The van der Waals surface area contributed by atoms with Crippen molar-refractivity contribution in [3.63, 3.8) is 0 Å². The number of carbonyl (C=O) groups excluding carboxylic acids is 1. The quantitative estimate of drug-likeness (QED) is 0.595. The monoisotopic (exact) mass is 372 g/mol. The van der Waals surface area contributed by atoms with Crippen molar-refractivity contribution in [2.24, 2.45) is 7.05 Å². The van der Waals surface area contributed by atoms with Gasteiger partial charge in [0.15, 0.2) is 0 Å². The van der Waals surface area contributed by atoms with E-state index in [-0.39, 0.29) is 5.91 Å². The molecule has 0 aliphatic rings. The largest absolute Gasteiger partial charge is 0.362 e. The standard InChI is InChI=1S/C21H20N6O/c1-26(2)20-17-5-4-15(18-12-23-13-27(18)3)10-16(17)11-19(24-20)25-21(28)14-6-8-22-9-7-14/h4-13H,1-3H3,(H,24,25,28). The number of benzene rings is 1. The van der Waals surface area contributed by atoms with Crippen LogP contribution in [0.1, 0.15) is 10.4 Å². The molecule has 0 bridgehead atoms. The van der Waals surface area contributed by atoms with Crippen LogP contribution >= 0.6 is 0 Å². The lowest BCUT2D eigenvalue weighted by molar-refractivity contribution is 0.102. The molecule has 1 N–H and O–H groups in total. The van der Waals surface area contributed by atoms with Crippen molar-refractivity contribution < 1.29 is 4.79 Å². The summed E-state index contributed by atoms with van der Waals surface area (Å²) >= 11 is 0. The molecule has 0 aliphatic carbocycles. The third kappa shape index (κ3) is 3.29. The summed E-state index contributed by atoms with van der Waals surface area (Å²) in [7, 11) is 5.83. The van der Waals surface area contributed by atoms with Gasteiger partial charge >= 0.3 is 0 Å². The SMILES string of the molecule is CN(C)c1nc(NC(=O)c2ccncc2)cc2cc(-c3cncn3C)ccc12. The number of fused-ring (bicyclic) bond motifs is 1. The Labute approximate surface area is 162 Å². The highest BCUT2D eigenvalue weighted by Gasteiger charge is 2.13. The van der Waals surface area contributed by atoms with Crippen LogP contribution < -0.4 is 10.2 Å². The minimum absolute atomic E-state index is 0.221. The van der Waals surface area contributed by atoms with Gasteiger partial charge < -0.3 is 14.8 Å². The van der Waals surface area contributed by atoms with E-state index in [1.165, 1.54) is 0 Å². The molecule has 140 valence electrons. The van der Waals surface area contributed by atoms with Crippen LogP contribution in [-0.2, 0) is 7.05 Å². The first-order chi connectivity index (χ1) is 13.5. The lowest BCUT2D eigenvalue weighted by Gasteiger charge is -2.17. The van der Waals surface area contributed by atoms with Crippen LogP contribution in [0, 0.1) is 0 Å². The number of nitrogens with zero attached hydrogens (tertiary/aromatic N) is 5. The Morgan fingerprint density at radius 3 is 2.54 bits per heavy atom. The summed E-state index contributed by atoms with van der Waals surface area (Å²) in [4.78, 5) is 27.2. The first-order valence-corrected chi connectivity index (χ1v) is 8.83. The number of hydrogen-bond donors (Lipinski definition) is 1. The molecule has 3 heterocycles. The number of hydrogen-bond acceptors (Lipinski definition) is 5. The van der Waals surface area contributed by atoms with Crippen LogP contribution in [0.25, 0.3) is 22.0 Å². The van der Waals surface area contributed by atoms with E-state index in [1.54, 1.807) is 30.9 Å². The van der Waals surface area contributed by atoms with Gasteiger partial charge in [0.05, 0.1) is 18.2 Å². The second-order valence-electron chi connectivity index (χ2n) is 6.74. The van der Waals surface area contributed by atoms with Crippen LogP contribution in [0.2, 0.25) is 0 Å². The molecule has 0 atom stereocenters. The van der Waals surface area contributed by atoms with Crippen LogP contribution in [0.3, 0.4) is 0 Å². The van der Waals surface area contributed by atoms with Gasteiger partial charge in [-0.25, -0.2) is 9.97 Å². The number of amides is 1. The third-order valence-corrected chi connectivity index (χ3v) is 4.53. The number of rotatable bonds is 4. The maximum atomic E-state index is 12.5. The van der Waals surface area contributed by atoms with E-state index in [0.29, 0.717) is 11.4 Å². The van der Waals surface area contributed by atoms with Crippen molar-refractivity contribution in [1.82, 2.24) is 19.5 Å². The molecule has 0 spiro atoms. The highest BCUT2D eigenvalue weighted by atomic mass is 16.1. The van der Waals surface area contributed by atoms with Crippen LogP contribution in [-0.4, -0.2) is 39.5 Å². The Hall–Kier alpha value is -3.74. The van der Waals surface area contributed by atoms with Crippen molar-refractivity contribution in [2.75, 3.05) is 24.3 Å². The summed E-state index contributed by atoms with van der Waals surface area (Å²) in [5.41, 5.74) is 2.61. The molecular formula is C21H20N6O. The zero-order valence-corrected chi connectivity index (χ0v) is 15.9. The Bertz CT molecular complexity index is 1150. The minimum Gasteiger partial charge on any atom is -0.362 e. The van der Waals surface area contributed by atoms with E-state index in [0.717, 1.165) is 27.8 Å². The number of nitrogens with one attached hydrogen (secondary N) is 1. The fraction of sp³-hybridized carbons (Fsp3) is 0.143. The van der Waals surface area contributed by atoms with E-state index < -0.39 is 0 Å². The van der Waals surface area contributed by atoms with Crippen molar-refractivity contribution >= 4 is 28.3 Å². The van der Waals surface area contributed by atoms with Crippen molar-refractivity contribution in [3.05, 3.63) is 66.9 Å². The number of imidazole rings is 1. The van der Waals surface area contributed by atoms with Crippen LogP contribution in [0.15, 0.2) is 61.3 Å². The zero-order chi connectivity index (χ0) is 19.7. The highest BCUT2D eigenvalue weighted by molar-refractivity contribution is 6.05. The molecular weight excluding hydrogens is 352 g/mol. The second-order valence-corrected chi connectivity index (χ2v) is 6.74. The predicted molar refractivity (Wildman–Crippen MR) is 110 cm³/mol. The van der Waals surface area contributed by atoms with E-state index in [4.69, 9.17) is 0 Å². The number of carbonyl (C=O) groups is 1. The van der Waals surface area contributed by atoms with Gasteiger partial charge in [-0.15, -0.1) is 0 Å². The average molecular weight is 372 g/mol. The molecule has 0 radical (unpaired) electrons. The molecule has 0 unspecified atom stereocenters. The molecule has 7 nitrogen and oxygen atoms in total. The van der Waals surface area contributed by atoms with Gasteiger partial charge in [0.2, 0.25) is 0 Å². The molecule has 1 amide bonds. The van der Waals surface area contributed by atoms with E-state index >= 15 is 0 Å². The Morgan fingerprint density at radius 2 is 1.86 bits per heavy atom. The minimum atomic E-state index is -0.221. The van der Waals surface area contributed by atoms with Crippen molar-refractivity contribution in [1.29, 1.82) is 0 Å². The van der Waals surface area contributed by atoms with E-state index in [1.807, 2.05) is 42.9 Å². The van der Waals surface area contributed by atoms with Gasteiger partial charge in [-0.1, -0.05) is 6.07 Å². The predicted octanol–water partition coefficient (Wildman–Crippen LogP) is 3.35. The van der Waals surface area contributed by atoms with Gasteiger partial charge in [0.1, 0.15) is 11.6 Å². The van der Waals surface area contributed by atoms with Gasteiger partial charge in [0.25, 0.3) is 5.91 Å². The summed E-state index contributed by atoms with van der Waals surface area (Å²) in [6.45, 7) is 0. The lowest BCUT2D eigenvalue weighted by Crippen LogP contribution is -2.16. The highest BCUT2D eigenvalue weighted by Crippen LogP contribution is 2.30. The third-order valence-electron chi connectivity index (χ3n) is 4.53. The van der Waals surface area contributed by atoms with Crippen molar-refractivity contribution in [2.45, 2.75) is 0 Å². The fourth-order valence-corrected chi connectivity index (χ4v) is 3.13. The first kappa shape index (κ1) is 17.7. The maximum Gasteiger partial charge on any atom is 0.256 e. The summed E-state index contributed by atoms with van der Waals surface area (Å²) in [6.07, 6.45) is 6.79. The molecule has 0 fully saturated rings. The molecule has 4 rings (SSSR count). The normalized spacial score (nSPS) is 10.8. The summed E-state index contributed by atoms with van der Waals surface area (Å²) in [5, 5.41) is 4.89. The number of aryl methyl sites for hydroxylation is 1. The molecule has 7 heteroatoms. The Kier molecular flexibility index (Phi) is 4.49. The summed E-state index contributed by atoms with van der Waals surface area (Å²) in [6, 6.07) is 11.4. The molecule has 0 saturated carbocycles. The summed E-state index contributed by atoms with van der Waals surface area (Å²) in [5.74, 6) is 1.07. The van der Waals surface area contributed by atoms with Crippen molar-refractivity contribution in [3.8, 4) is 11.3 Å². The molecule has 4 aromatic rings. The number of pyridine rings is 2. The first-order valence-electron chi connectivity index (χ1n) is 8.83. The average Bonchev–Trinajstić information content (AvgIpc) is 3.13. The van der Waals surface area contributed by atoms with Gasteiger partial charge in [-0.3, -0.25) is 9.78 Å². The maximum absolute atomic E-state index is 12.5. The smallest absolute Gasteiger partial charge is 0.256 e. The van der Waals surface area contributed by atoms with E-state index in [9.17, 15) is 4.79 Å². The van der Waals surface area contributed by atoms with Crippen LogP contribution in [0.5, 0.6) is 0 Å². The van der Waals surface area contributed by atoms with Gasteiger partial charge in [0, 0.05) is 50.0 Å². The molecule has 1 aromatic carbocycles. The van der Waals surface area contributed by atoms with Gasteiger partial charge in [-0.05, 0) is 35.7 Å². The lowest BCUT2D eigenvalue weighted by atomic mass is 10.1. The Balaban J connectivity index is 1.78. The van der Waals surface area contributed by atoms with E-state index in [2.05, 4.69) is 38.5 Å². The summed E-state index contributed by atoms with van der Waals surface area (Å²) < 4.78 is 1.97. The topological polar surface area (TPSA) is 75.9 Å². The van der Waals surface area contributed by atoms with Crippen LogP contribution in [0.4, 0.5) is 11.6 Å². The molecule has 0 saturated heterocycles. The van der Waals surface area contributed by atoms with Gasteiger partial charge in [-0.2, -0.15) is 0 Å². The molecule has 0 aliphatic heterocycles. The second kappa shape index (κ2) is 7.11. The number of aromatic nitrogens is 4. The number of anilines is 2. The molecule has 3 aromatic heterocycles. The molecule has 28 heavy (non-hydrogen) atoms. The fourth-order valence-electron chi connectivity index (χ4n) is 3.13. The zero-order valence-electron chi connectivity index (χ0n) is 15.9.